The number of aryl methyl sites for hydroxylation is 2. The van der Waals surface area contributed by atoms with Crippen molar-refractivity contribution in [2.45, 2.75) is 24.8 Å². The molecule has 0 bridgehead atoms. The van der Waals surface area contributed by atoms with Crippen molar-refractivity contribution in [3.05, 3.63) is 89.0 Å². The summed E-state index contributed by atoms with van der Waals surface area (Å²) in [7, 11) is -4.11. The van der Waals surface area contributed by atoms with Crippen LogP contribution < -0.4 is 4.72 Å². The summed E-state index contributed by atoms with van der Waals surface area (Å²) in [5.41, 5.74) is 2.45. The molecule has 1 aromatic heterocycles. The maximum atomic E-state index is 14.1. The van der Waals surface area contributed by atoms with Crippen molar-refractivity contribution in [3.8, 4) is 0 Å². The molecule has 0 aliphatic rings. The van der Waals surface area contributed by atoms with Crippen molar-refractivity contribution in [1.82, 2.24) is 4.98 Å². The van der Waals surface area contributed by atoms with Crippen LogP contribution in [0.2, 0.25) is 0 Å². The van der Waals surface area contributed by atoms with E-state index in [1.165, 1.54) is 24.3 Å². The fourth-order valence-corrected chi connectivity index (χ4v) is 3.83. The van der Waals surface area contributed by atoms with Crippen LogP contribution in [0.5, 0.6) is 0 Å². The van der Waals surface area contributed by atoms with Crippen molar-refractivity contribution >= 4 is 15.7 Å². The van der Waals surface area contributed by atoms with Gasteiger partial charge in [-0.15, -0.1) is 0 Å². The Labute approximate surface area is 157 Å². The zero-order chi connectivity index (χ0) is 19.6. The first-order valence-electron chi connectivity index (χ1n) is 8.26. The molecule has 3 aromatic rings. The Morgan fingerprint density at radius 2 is 1.85 bits per heavy atom. The van der Waals surface area contributed by atoms with Gasteiger partial charge in [-0.1, -0.05) is 24.3 Å². The standard InChI is InChI=1S/C20H19FN2O3S/c1-13-6-9-19(16(21)11-13)27(25,26)23-18-12-15(8-7-14(18)2)20(24)17-5-3-4-10-22-17/h3-12,20,23-24H,1-2H3/t20-/m1/s1. The van der Waals surface area contributed by atoms with Crippen molar-refractivity contribution in [2.24, 2.45) is 0 Å². The highest BCUT2D eigenvalue weighted by atomic mass is 32.2. The molecule has 1 heterocycles. The third kappa shape index (κ3) is 4.15. The number of benzene rings is 2. The quantitative estimate of drug-likeness (QED) is 0.700. The highest BCUT2D eigenvalue weighted by molar-refractivity contribution is 7.92. The van der Waals surface area contributed by atoms with Crippen molar-refractivity contribution in [1.29, 1.82) is 0 Å². The first-order chi connectivity index (χ1) is 12.8. The van der Waals surface area contributed by atoms with Crippen molar-refractivity contribution < 1.29 is 17.9 Å². The van der Waals surface area contributed by atoms with E-state index in [-0.39, 0.29) is 5.69 Å². The molecule has 0 saturated heterocycles. The molecule has 0 radical (unpaired) electrons. The lowest BCUT2D eigenvalue weighted by Crippen LogP contribution is -2.16. The van der Waals surface area contributed by atoms with Crippen molar-refractivity contribution in [2.75, 3.05) is 4.72 Å². The Morgan fingerprint density at radius 3 is 2.52 bits per heavy atom. The maximum Gasteiger partial charge on any atom is 0.264 e. The number of sulfonamides is 1. The molecular formula is C20H19FN2O3S. The van der Waals surface area contributed by atoms with E-state index in [2.05, 4.69) is 9.71 Å². The summed E-state index contributed by atoms with van der Waals surface area (Å²) in [5, 5.41) is 10.5. The first kappa shape index (κ1) is 19.0. The fourth-order valence-electron chi connectivity index (χ4n) is 2.65. The largest absolute Gasteiger partial charge is 0.382 e. The SMILES string of the molecule is Cc1ccc(S(=O)(=O)Nc2cc([C@@H](O)c3ccccn3)ccc2C)c(F)c1. The van der Waals surface area contributed by atoms with Crippen LogP contribution in [0, 0.1) is 19.7 Å². The van der Waals surface area contributed by atoms with Gasteiger partial charge in [0.2, 0.25) is 0 Å². The van der Waals surface area contributed by atoms with Gasteiger partial charge in [-0.2, -0.15) is 0 Å². The average molecular weight is 386 g/mol. The molecule has 0 spiro atoms. The van der Waals surface area contributed by atoms with Gasteiger partial charge in [-0.3, -0.25) is 9.71 Å². The van der Waals surface area contributed by atoms with Gasteiger partial charge in [0.1, 0.15) is 16.8 Å². The van der Waals surface area contributed by atoms with E-state index in [0.717, 1.165) is 0 Å². The molecule has 5 nitrogen and oxygen atoms in total. The van der Waals surface area contributed by atoms with Crippen LogP contribution in [0.1, 0.15) is 28.5 Å². The highest BCUT2D eigenvalue weighted by Crippen LogP contribution is 2.27. The first-order valence-corrected chi connectivity index (χ1v) is 9.75. The van der Waals surface area contributed by atoms with Gasteiger partial charge < -0.3 is 5.11 Å². The summed E-state index contributed by atoms with van der Waals surface area (Å²) in [5.74, 6) is -0.815. The second-order valence-corrected chi connectivity index (χ2v) is 7.92. The van der Waals surface area contributed by atoms with Gasteiger partial charge in [0.25, 0.3) is 10.0 Å². The highest BCUT2D eigenvalue weighted by Gasteiger charge is 2.21. The summed E-state index contributed by atoms with van der Waals surface area (Å²) in [6.45, 7) is 3.40. The van der Waals surface area contributed by atoms with Gasteiger partial charge >= 0.3 is 0 Å². The number of nitrogens with one attached hydrogen (secondary N) is 1. The minimum absolute atomic E-state index is 0.266. The number of nitrogens with zero attached hydrogens (tertiary/aromatic N) is 1. The van der Waals surface area contributed by atoms with Crippen LogP contribution in [-0.4, -0.2) is 18.5 Å². The molecule has 7 heteroatoms. The number of aliphatic hydroxyl groups excluding tert-OH is 1. The molecule has 1 atom stereocenters. The molecule has 0 unspecified atom stereocenters. The van der Waals surface area contributed by atoms with E-state index in [0.29, 0.717) is 22.4 Å². The second kappa shape index (κ2) is 7.46. The Balaban J connectivity index is 1.95. The van der Waals surface area contributed by atoms with Gasteiger partial charge in [0.05, 0.1) is 11.4 Å². The smallest absolute Gasteiger partial charge is 0.264 e. The number of rotatable bonds is 5. The Morgan fingerprint density at radius 1 is 1.07 bits per heavy atom. The van der Waals surface area contributed by atoms with Crippen LogP contribution >= 0.6 is 0 Å². The lowest BCUT2D eigenvalue weighted by molar-refractivity contribution is 0.215. The number of pyridine rings is 1. The van der Waals surface area contributed by atoms with Crippen LogP contribution in [0.3, 0.4) is 0 Å². The predicted octanol–water partition coefficient (Wildman–Crippen LogP) is 3.72. The van der Waals surface area contributed by atoms with E-state index >= 15 is 0 Å². The molecule has 2 N–H and O–H groups in total. The molecule has 3 rings (SSSR count). The number of hydrogen-bond acceptors (Lipinski definition) is 4. The summed E-state index contributed by atoms with van der Waals surface area (Å²) >= 11 is 0. The number of halogens is 1. The molecule has 2 aromatic carbocycles. The fraction of sp³-hybridized carbons (Fsp3) is 0.150. The third-order valence-electron chi connectivity index (χ3n) is 4.17. The summed E-state index contributed by atoms with van der Waals surface area (Å²) in [6.07, 6.45) is 0.558. The normalized spacial score (nSPS) is 12.6. The Kier molecular flexibility index (Phi) is 5.25. The molecule has 0 amide bonds. The van der Waals surface area contributed by atoms with Crippen molar-refractivity contribution in [3.63, 3.8) is 0 Å². The number of hydrogen-bond donors (Lipinski definition) is 2. The summed E-state index contributed by atoms with van der Waals surface area (Å²) in [6, 6.07) is 14.0. The van der Waals surface area contributed by atoms with Gasteiger partial charge in [0.15, 0.2) is 0 Å². The van der Waals surface area contributed by atoms with Gasteiger partial charge in [0, 0.05) is 6.20 Å². The third-order valence-corrected chi connectivity index (χ3v) is 5.57. The zero-order valence-corrected chi connectivity index (χ0v) is 15.7. The maximum absolute atomic E-state index is 14.1. The monoisotopic (exact) mass is 386 g/mol. The molecule has 140 valence electrons. The molecule has 0 fully saturated rings. The van der Waals surface area contributed by atoms with Gasteiger partial charge in [-0.25, -0.2) is 12.8 Å². The molecule has 0 aliphatic carbocycles. The Bertz CT molecular complexity index is 1070. The van der Waals surface area contributed by atoms with E-state index in [9.17, 15) is 17.9 Å². The predicted molar refractivity (Wildman–Crippen MR) is 101 cm³/mol. The van der Waals surface area contributed by atoms with E-state index < -0.39 is 26.8 Å². The van der Waals surface area contributed by atoms with Crippen LogP contribution in [0.15, 0.2) is 65.7 Å². The van der Waals surface area contributed by atoms with Crippen LogP contribution in [-0.2, 0) is 10.0 Å². The lowest BCUT2D eigenvalue weighted by atomic mass is 10.0. The molecule has 27 heavy (non-hydrogen) atoms. The van der Waals surface area contributed by atoms with Crippen LogP contribution in [0.4, 0.5) is 10.1 Å². The topological polar surface area (TPSA) is 79.3 Å². The van der Waals surface area contributed by atoms with Crippen LogP contribution in [0.25, 0.3) is 0 Å². The minimum atomic E-state index is -4.11. The number of aliphatic hydroxyl groups is 1. The second-order valence-electron chi connectivity index (χ2n) is 6.27. The zero-order valence-electron chi connectivity index (χ0n) is 14.8. The summed E-state index contributed by atoms with van der Waals surface area (Å²) in [4.78, 5) is 3.68. The van der Waals surface area contributed by atoms with Gasteiger partial charge in [-0.05, 0) is 60.9 Å². The lowest BCUT2D eigenvalue weighted by Gasteiger charge is -2.15. The number of aromatic nitrogens is 1. The Hall–Kier alpha value is -2.77. The molecule has 0 aliphatic heterocycles. The van der Waals surface area contributed by atoms with E-state index in [4.69, 9.17) is 0 Å². The molecule has 0 saturated carbocycles. The van der Waals surface area contributed by atoms with E-state index in [1.54, 1.807) is 50.4 Å². The minimum Gasteiger partial charge on any atom is -0.382 e. The average Bonchev–Trinajstić information content (AvgIpc) is 2.63. The molecular weight excluding hydrogens is 367 g/mol. The summed E-state index contributed by atoms with van der Waals surface area (Å²) < 4.78 is 41.7. The number of anilines is 1. The van der Waals surface area contributed by atoms with E-state index in [1.807, 2.05) is 0 Å².